The van der Waals surface area contributed by atoms with Crippen molar-refractivity contribution in [3.63, 3.8) is 0 Å². The Morgan fingerprint density at radius 3 is 1.93 bits per heavy atom. The van der Waals surface area contributed by atoms with Crippen LogP contribution in [0.25, 0.3) is 0 Å². The highest BCUT2D eigenvalue weighted by Crippen LogP contribution is 2.21. The van der Waals surface area contributed by atoms with Crippen LogP contribution in [-0.4, -0.2) is 68.4 Å². The molecule has 0 aliphatic rings. The fourth-order valence-corrected chi connectivity index (χ4v) is 2.42. The van der Waals surface area contributed by atoms with Crippen molar-refractivity contribution < 1.29 is 33.9 Å². The van der Waals surface area contributed by atoms with E-state index in [0.29, 0.717) is 24.7 Å². The molecule has 1 rings (SSSR count). The second-order valence-electron chi connectivity index (χ2n) is 7.00. The van der Waals surface area contributed by atoms with Crippen molar-refractivity contribution in [2.24, 2.45) is 0 Å². The third-order valence-corrected chi connectivity index (χ3v) is 4.33. The molecule has 4 atom stereocenters. The molecule has 1 unspecified atom stereocenters. The van der Waals surface area contributed by atoms with Gasteiger partial charge in [0, 0.05) is 13.2 Å². The molecule has 1 aromatic carbocycles. The van der Waals surface area contributed by atoms with E-state index in [1.54, 1.807) is 38.3 Å². The Morgan fingerprint density at radius 2 is 1.41 bits per heavy atom. The molecule has 0 saturated heterocycles. The third-order valence-electron chi connectivity index (χ3n) is 4.33. The van der Waals surface area contributed by atoms with Crippen LogP contribution in [0.15, 0.2) is 24.3 Å². The average Bonchev–Trinajstić information content (AvgIpc) is 2.72. The summed E-state index contributed by atoms with van der Waals surface area (Å²) in [6.45, 7) is 7.22. The minimum Gasteiger partial charge on any atom is -0.497 e. The van der Waals surface area contributed by atoms with Crippen molar-refractivity contribution in [3.8, 4) is 11.5 Å². The first-order valence-electron chi connectivity index (χ1n) is 10.5. The second-order valence-corrected chi connectivity index (χ2v) is 7.00. The summed E-state index contributed by atoms with van der Waals surface area (Å²) in [5, 5.41) is 20.7. The van der Waals surface area contributed by atoms with Gasteiger partial charge in [-0.2, -0.15) is 0 Å². The maximum atomic E-state index is 10.6. The van der Waals surface area contributed by atoms with E-state index in [0.717, 1.165) is 25.7 Å². The molecule has 0 spiro atoms. The molecule has 0 heterocycles. The van der Waals surface area contributed by atoms with Crippen LogP contribution in [0.1, 0.15) is 46.5 Å². The van der Waals surface area contributed by atoms with Crippen molar-refractivity contribution >= 4 is 0 Å². The van der Waals surface area contributed by atoms with Gasteiger partial charge in [-0.05, 0) is 44.0 Å². The lowest BCUT2D eigenvalue weighted by Crippen LogP contribution is -2.44. The molecule has 0 aliphatic heterocycles. The summed E-state index contributed by atoms with van der Waals surface area (Å²) in [7, 11) is 1.59. The van der Waals surface area contributed by atoms with Crippen LogP contribution >= 0.6 is 0 Å². The van der Waals surface area contributed by atoms with Crippen LogP contribution in [0.2, 0.25) is 0 Å². The highest BCUT2D eigenvalue weighted by atomic mass is 16.7. The highest BCUT2D eigenvalue weighted by Gasteiger charge is 2.28. The number of aliphatic hydroxyl groups excluding tert-OH is 2. The maximum Gasteiger partial charge on any atom is 0.228 e. The first-order valence-corrected chi connectivity index (χ1v) is 10.5. The van der Waals surface area contributed by atoms with E-state index >= 15 is 0 Å². The minimum absolute atomic E-state index is 0.0735. The summed E-state index contributed by atoms with van der Waals surface area (Å²) in [5.41, 5.74) is 0. The average molecular weight is 415 g/mol. The summed E-state index contributed by atoms with van der Waals surface area (Å²) in [6, 6.07) is 6.98. The number of hydrogen-bond donors (Lipinski definition) is 2. The Bertz CT molecular complexity index is 506. The van der Waals surface area contributed by atoms with Gasteiger partial charge in [0.2, 0.25) is 6.29 Å². The molecule has 0 radical (unpaired) electrons. The Kier molecular flexibility index (Phi) is 13.7. The van der Waals surface area contributed by atoms with Gasteiger partial charge in [0.1, 0.15) is 23.7 Å². The third kappa shape index (κ3) is 10.8. The molecule has 0 saturated carbocycles. The maximum absolute atomic E-state index is 10.6. The van der Waals surface area contributed by atoms with Gasteiger partial charge in [0.15, 0.2) is 0 Å². The van der Waals surface area contributed by atoms with Crippen molar-refractivity contribution in [1.29, 1.82) is 0 Å². The lowest BCUT2D eigenvalue weighted by molar-refractivity contribution is -0.211. The molecule has 0 amide bonds. The van der Waals surface area contributed by atoms with Crippen LogP contribution in [0.3, 0.4) is 0 Å². The molecule has 0 aromatic heterocycles. The molecule has 29 heavy (non-hydrogen) atoms. The van der Waals surface area contributed by atoms with Gasteiger partial charge < -0.3 is 33.9 Å². The van der Waals surface area contributed by atoms with Gasteiger partial charge in [0.05, 0.1) is 26.4 Å². The van der Waals surface area contributed by atoms with Gasteiger partial charge in [-0.3, -0.25) is 0 Å². The fraction of sp³-hybridized carbons (Fsp3) is 0.727. The van der Waals surface area contributed by atoms with Crippen molar-refractivity contribution in [1.82, 2.24) is 0 Å². The summed E-state index contributed by atoms with van der Waals surface area (Å²) >= 11 is 0. The van der Waals surface area contributed by atoms with E-state index < -0.39 is 24.6 Å². The van der Waals surface area contributed by atoms with Gasteiger partial charge in [0.25, 0.3) is 0 Å². The zero-order chi connectivity index (χ0) is 21.5. The van der Waals surface area contributed by atoms with Crippen LogP contribution in [0.5, 0.6) is 11.5 Å². The lowest BCUT2D eigenvalue weighted by atomic mass is 10.2. The first kappa shape index (κ1) is 25.7. The molecular formula is C22H38O7. The normalized spacial score (nSPS) is 15.5. The number of benzene rings is 1. The number of methoxy groups -OCH3 is 1. The number of aliphatic hydroxyl groups is 2. The van der Waals surface area contributed by atoms with E-state index in [1.165, 1.54) is 0 Å². The summed E-state index contributed by atoms with van der Waals surface area (Å²) in [6.07, 6.45) is 0.428. The Hall–Kier alpha value is -1.38. The number of hydrogen-bond acceptors (Lipinski definition) is 7. The van der Waals surface area contributed by atoms with Crippen LogP contribution in [0, 0.1) is 0 Å². The summed E-state index contributed by atoms with van der Waals surface area (Å²) in [5.74, 6) is 1.21. The molecule has 2 N–H and O–H groups in total. The second kappa shape index (κ2) is 15.5. The lowest BCUT2D eigenvalue weighted by Gasteiger charge is -2.30. The quantitative estimate of drug-likeness (QED) is 0.299. The monoisotopic (exact) mass is 414 g/mol. The van der Waals surface area contributed by atoms with Gasteiger partial charge in [-0.25, -0.2) is 0 Å². The highest BCUT2D eigenvalue weighted by molar-refractivity contribution is 5.31. The SMILES string of the molecule is CCCCOCC(O[C@H](Oc1ccc(OC)cc1)[C@H](O)COCCCC)[C@H](C)O. The predicted octanol–water partition coefficient (Wildman–Crippen LogP) is 3.16. The van der Waals surface area contributed by atoms with Crippen LogP contribution in [0.4, 0.5) is 0 Å². The van der Waals surface area contributed by atoms with Gasteiger partial charge in [-0.1, -0.05) is 26.7 Å². The topological polar surface area (TPSA) is 86.6 Å². The van der Waals surface area contributed by atoms with Crippen molar-refractivity contribution in [2.75, 3.05) is 33.5 Å². The van der Waals surface area contributed by atoms with Crippen LogP contribution in [-0.2, 0) is 14.2 Å². The molecule has 7 heteroatoms. The number of ether oxygens (including phenoxy) is 5. The van der Waals surface area contributed by atoms with E-state index in [-0.39, 0.29) is 13.2 Å². The largest absolute Gasteiger partial charge is 0.497 e. The number of unbranched alkanes of at least 4 members (excludes halogenated alkanes) is 2. The molecular weight excluding hydrogens is 376 g/mol. The van der Waals surface area contributed by atoms with Gasteiger partial charge >= 0.3 is 0 Å². The van der Waals surface area contributed by atoms with Crippen LogP contribution < -0.4 is 9.47 Å². The Balaban J connectivity index is 2.76. The molecule has 0 fully saturated rings. The Labute approximate surface area is 174 Å². The van der Waals surface area contributed by atoms with E-state index in [9.17, 15) is 10.2 Å². The zero-order valence-electron chi connectivity index (χ0n) is 18.2. The molecule has 0 aliphatic carbocycles. The molecule has 1 aromatic rings. The van der Waals surface area contributed by atoms with Gasteiger partial charge in [-0.15, -0.1) is 0 Å². The Morgan fingerprint density at radius 1 is 0.862 bits per heavy atom. The predicted molar refractivity (Wildman–Crippen MR) is 111 cm³/mol. The minimum atomic E-state index is -1.02. The summed E-state index contributed by atoms with van der Waals surface area (Å²) in [4.78, 5) is 0. The number of rotatable bonds is 17. The first-order chi connectivity index (χ1) is 14.0. The molecule has 7 nitrogen and oxygen atoms in total. The van der Waals surface area contributed by atoms with E-state index in [4.69, 9.17) is 23.7 Å². The molecule has 0 bridgehead atoms. The summed E-state index contributed by atoms with van der Waals surface area (Å²) < 4.78 is 28.1. The van der Waals surface area contributed by atoms with Crippen molar-refractivity contribution in [2.45, 2.75) is 71.1 Å². The van der Waals surface area contributed by atoms with Crippen molar-refractivity contribution in [3.05, 3.63) is 24.3 Å². The standard InChI is InChI=1S/C22H38O7/c1-5-7-13-26-15-20(24)22(28-19-11-9-18(25-4)10-12-19)29-21(17(3)23)16-27-14-8-6-2/h9-12,17,20-24H,5-8,13-16H2,1-4H3/t17-,20+,21?,22-/m0/s1. The van der Waals surface area contributed by atoms with E-state index in [1.807, 2.05) is 0 Å². The smallest absolute Gasteiger partial charge is 0.228 e. The van der Waals surface area contributed by atoms with E-state index in [2.05, 4.69) is 13.8 Å². The zero-order valence-corrected chi connectivity index (χ0v) is 18.2. The fourth-order valence-electron chi connectivity index (χ4n) is 2.42. The molecule has 168 valence electrons.